The Morgan fingerprint density at radius 1 is 1.45 bits per heavy atom. The Bertz CT molecular complexity index is 478. The molecule has 1 aromatic heterocycles. The van der Waals surface area contributed by atoms with E-state index in [0.29, 0.717) is 22.7 Å². The van der Waals surface area contributed by atoms with Gasteiger partial charge in [0.15, 0.2) is 0 Å². The van der Waals surface area contributed by atoms with Crippen molar-refractivity contribution in [1.82, 2.24) is 10.3 Å². The van der Waals surface area contributed by atoms with Crippen LogP contribution in [0.1, 0.15) is 49.2 Å². The molecule has 0 aliphatic heterocycles. The molecule has 2 rings (SSSR count). The molecule has 1 heterocycles. The van der Waals surface area contributed by atoms with Crippen molar-refractivity contribution in [3.63, 3.8) is 0 Å². The fourth-order valence-electron chi connectivity index (χ4n) is 2.65. The molecule has 110 valence electrons. The number of thioether (sulfide) groups is 1. The van der Waals surface area contributed by atoms with E-state index in [1.54, 1.807) is 6.07 Å². The number of carbonyl (C=O) groups is 1. The molecule has 1 aliphatic carbocycles. The van der Waals surface area contributed by atoms with Crippen LogP contribution in [-0.2, 0) is 6.42 Å². The number of anilines is 1. The van der Waals surface area contributed by atoms with Gasteiger partial charge in [-0.3, -0.25) is 4.79 Å². The number of rotatable bonds is 5. The monoisotopic (exact) mass is 293 g/mol. The van der Waals surface area contributed by atoms with Gasteiger partial charge in [-0.1, -0.05) is 13.8 Å². The average molecular weight is 293 g/mol. The number of hydrogen-bond donors (Lipinski definition) is 2. The highest BCUT2D eigenvalue weighted by Crippen LogP contribution is 2.29. The molecule has 0 aromatic carbocycles. The van der Waals surface area contributed by atoms with Gasteiger partial charge in [-0.25, -0.2) is 4.98 Å². The number of nitrogens with one attached hydrogen (secondary N) is 1. The van der Waals surface area contributed by atoms with Crippen LogP contribution >= 0.6 is 11.8 Å². The molecule has 1 aliphatic rings. The molecule has 2 atom stereocenters. The quantitative estimate of drug-likeness (QED) is 0.875. The Hall–Kier alpha value is -1.23. The van der Waals surface area contributed by atoms with E-state index in [1.807, 2.05) is 24.8 Å². The van der Waals surface area contributed by atoms with Crippen molar-refractivity contribution in [2.75, 3.05) is 11.5 Å². The molecule has 0 bridgehead atoms. The van der Waals surface area contributed by atoms with Gasteiger partial charge in [-0.15, -0.1) is 0 Å². The zero-order valence-corrected chi connectivity index (χ0v) is 13.0. The molecule has 0 radical (unpaired) electrons. The number of nitrogen functional groups attached to an aromatic ring is 1. The van der Waals surface area contributed by atoms with Crippen molar-refractivity contribution in [1.29, 1.82) is 0 Å². The second kappa shape index (κ2) is 6.97. The van der Waals surface area contributed by atoms with Crippen molar-refractivity contribution in [3.8, 4) is 0 Å². The van der Waals surface area contributed by atoms with E-state index >= 15 is 0 Å². The van der Waals surface area contributed by atoms with Gasteiger partial charge in [0.25, 0.3) is 5.91 Å². The van der Waals surface area contributed by atoms with E-state index in [9.17, 15) is 4.79 Å². The van der Waals surface area contributed by atoms with E-state index in [0.717, 1.165) is 30.7 Å². The Morgan fingerprint density at radius 3 is 2.95 bits per heavy atom. The summed E-state index contributed by atoms with van der Waals surface area (Å²) >= 11 is 1.99. The molecule has 1 aromatic rings. The Balaban J connectivity index is 1.97. The number of pyridine rings is 1. The lowest BCUT2D eigenvalue weighted by Crippen LogP contribution is -2.33. The lowest BCUT2D eigenvalue weighted by Gasteiger charge is -2.14. The number of aromatic nitrogens is 1. The summed E-state index contributed by atoms with van der Waals surface area (Å²) in [6.07, 6.45) is 4.13. The summed E-state index contributed by atoms with van der Waals surface area (Å²) in [5, 5.41) is 3.82. The lowest BCUT2D eigenvalue weighted by molar-refractivity contribution is 0.0938. The minimum atomic E-state index is -0.0269. The van der Waals surface area contributed by atoms with Crippen molar-refractivity contribution in [2.24, 2.45) is 0 Å². The fraction of sp³-hybridized carbons (Fsp3) is 0.600. The van der Waals surface area contributed by atoms with Gasteiger partial charge in [0.1, 0.15) is 5.82 Å². The normalized spacial score (nSPS) is 21.9. The zero-order valence-electron chi connectivity index (χ0n) is 12.2. The van der Waals surface area contributed by atoms with Crippen LogP contribution < -0.4 is 11.1 Å². The van der Waals surface area contributed by atoms with E-state index in [1.165, 1.54) is 6.42 Å². The van der Waals surface area contributed by atoms with E-state index in [4.69, 9.17) is 5.73 Å². The Labute approximate surface area is 124 Å². The summed E-state index contributed by atoms with van der Waals surface area (Å²) in [7, 11) is 0. The number of carbonyl (C=O) groups excluding carboxylic acids is 1. The first-order valence-corrected chi connectivity index (χ1v) is 8.36. The van der Waals surface area contributed by atoms with Gasteiger partial charge in [0, 0.05) is 22.5 Å². The summed E-state index contributed by atoms with van der Waals surface area (Å²) in [6.45, 7) is 4.19. The van der Waals surface area contributed by atoms with E-state index in [-0.39, 0.29) is 5.91 Å². The minimum Gasteiger partial charge on any atom is -0.384 e. The highest BCUT2D eigenvalue weighted by atomic mass is 32.2. The second-order valence-corrected chi connectivity index (χ2v) is 6.76. The third kappa shape index (κ3) is 3.88. The van der Waals surface area contributed by atoms with Gasteiger partial charge in [-0.2, -0.15) is 11.8 Å². The summed E-state index contributed by atoms with van der Waals surface area (Å²) < 4.78 is 0. The molecule has 1 saturated carbocycles. The highest BCUT2D eigenvalue weighted by Gasteiger charge is 2.26. The van der Waals surface area contributed by atoms with Crippen LogP contribution in [0.5, 0.6) is 0 Å². The van der Waals surface area contributed by atoms with Crippen LogP contribution in [0, 0.1) is 0 Å². The van der Waals surface area contributed by atoms with Gasteiger partial charge in [-0.05, 0) is 43.6 Å². The van der Waals surface area contributed by atoms with E-state index < -0.39 is 0 Å². The molecule has 1 amide bonds. The molecular weight excluding hydrogens is 270 g/mol. The first-order chi connectivity index (χ1) is 9.62. The van der Waals surface area contributed by atoms with Crippen molar-refractivity contribution in [3.05, 3.63) is 23.4 Å². The number of nitrogens with zero attached hydrogens (tertiary/aromatic N) is 1. The maximum atomic E-state index is 12.3. The third-order valence-electron chi connectivity index (χ3n) is 3.64. The number of hydrogen-bond acceptors (Lipinski definition) is 4. The standard InChI is InChI=1S/C15H23N3OS/c1-3-11-7-10(8-14(16)17-11)15(19)18-12-5-6-13(9-12)20-4-2/h7-8,12-13H,3-6,9H2,1-2H3,(H2,16,17)(H,18,19). The highest BCUT2D eigenvalue weighted by molar-refractivity contribution is 7.99. The van der Waals surface area contributed by atoms with Crippen LogP contribution in [0.4, 0.5) is 5.82 Å². The molecule has 1 fully saturated rings. The van der Waals surface area contributed by atoms with Crippen LogP contribution in [0.2, 0.25) is 0 Å². The molecule has 5 heteroatoms. The molecular formula is C15H23N3OS. The van der Waals surface area contributed by atoms with Gasteiger partial charge >= 0.3 is 0 Å². The van der Waals surface area contributed by atoms with Crippen LogP contribution in [0.3, 0.4) is 0 Å². The minimum absolute atomic E-state index is 0.0269. The van der Waals surface area contributed by atoms with Crippen molar-refractivity contribution in [2.45, 2.75) is 50.8 Å². The predicted molar refractivity (Wildman–Crippen MR) is 85.1 cm³/mol. The molecule has 4 nitrogen and oxygen atoms in total. The van der Waals surface area contributed by atoms with Gasteiger partial charge in [0.2, 0.25) is 0 Å². The number of aryl methyl sites for hydroxylation is 1. The van der Waals surface area contributed by atoms with Gasteiger partial charge in [0.05, 0.1) is 0 Å². The molecule has 20 heavy (non-hydrogen) atoms. The fourth-order valence-corrected chi connectivity index (χ4v) is 3.79. The lowest BCUT2D eigenvalue weighted by atomic mass is 10.1. The summed E-state index contributed by atoms with van der Waals surface area (Å²) in [5.41, 5.74) is 7.24. The number of nitrogens with two attached hydrogens (primary N) is 1. The van der Waals surface area contributed by atoms with Crippen LogP contribution in [-0.4, -0.2) is 27.9 Å². The number of amides is 1. The Kier molecular flexibility index (Phi) is 5.29. The van der Waals surface area contributed by atoms with Gasteiger partial charge < -0.3 is 11.1 Å². The summed E-state index contributed by atoms with van der Waals surface area (Å²) in [4.78, 5) is 16.5. The molecule has 3 N–H and O–H groups in total. The summed E-state index contributed by atoms with van der Waals surface area (Å²) in [5.74, 6) is 1.54. The van der Waals surface area contributed by atoms with E-state index in [2.05, 4.69) is 17.2 Å². The summed E-state index contributed by atoms with van der Waals surface area (Å²) in [6, 6.07) is 3.78. The van der Waals surface area contributed by atoms with Crippen LogP contribution in [0.15, 0.2) is 12.1 Å². The first kappa shape index (κ1) is 15.2. The molecule has 0 saturated heterocycles. The third-order valence-corrected chi connectivity index (χ3v) is 4.88. The largest absolute Gasteiger partial charge is 0.384 e. The predicted octanol–water partition coefficient (Wildman–Crippen LogP) is 2.63. The maximum Gasteiger partial charge on any atom is 0.251 e. The molecule has 2 unspecified atom stereocenters. The SMILES string of the molecule is CCSC1CCC(NC(=O)c2cc(N)nc(CC)c2)C1. The topological polar surface area (TPSA) is 68.0 Å². The first-order valence-electron chi connectivity index (χ1n) is 7.31. The Morgan fingerprint density at radius 2 is 2.25 bits per heavy atom. The zero-order chi connectivity index (χ0) is 14.5. The van der Waals surface area contributed by atoms with Crippen molar-refractivity contribution < 1.29 is 4.79 Å². The van der Waals surface area contributed by atoms with Crippen LogP contribution in [0.25, 0.3) is 0 Å². The average Bonchev–Trinajstić information content (AvgIpc) is 2.85. The molecule has 0 spiro atoms. The maximum absolute atomic E-state index is 12.3. The second-order valence-electron chi connectivity index (χ2n) is 5.19. The van der Waals surface area contributed by atoms with Crippen molar-refractivity contribution >= 4 is 23.5 Å². The smallest absolute Gasteiger partial charge is 0.251 e.